The van der Waals surface area contributed by atoms with Gasteiger partial charge in [0.25, 0.3) is 0 Å². The second-order valence-corrected chi connectivity index (χ2v) is 4.57. The molecule has 3 nitrogen and oxygen atoms in total. The van der Waals surface area contributed by atoms with Gasteiger partial charge in [-0.05, 0) is 33.2 Å². The van der Waals surface area contributed by atoms with Crippen LogP contribution in [0.5, 0.6) is 0 Å². The highest BCUT2D eigenvalue weighted by Gasteiger charge is 2.15. The average Bonchev–Trinajstić information content (AvgIpc) is 2.24. The number of aliphatic hydroxyl groups is 1. The summed E-state index contributed by atoms with van der Waals surface area (Å²) < 4.78 is 13.7. The number of rotatable bonds is 5. The van der Waals surface area contributed by atoms with E-state index in [1.54, 1.807) is 13.0 Å². The third kappa shape index (κ3) is 3.68. The lowest BCUT2D eigenvalue weighted by molar-refractivity contribution is 0.194. The Morgan fingerprint density at radius 1 is 1.24 bits per heavy atom. The smallest absolute Gasteiger partial charge is 0.131 e. The van der Waals surface area contributed by atoms with Crippen LogP contribution >= 0.6 is 0 Å². The van der Waals surface area contributed by atoms with E-state index >= 15 is 0 Å². The Morgan fingerprint density at radius 3 is 2.41 bits per heavy atom. The Kier molecular flexibility index (Phi) is 4.90. The first-order chi connectivity index (χ1) is 7.93. The molecule has 1 atom stereocenters. The fraction of sp³-hybridized carbons (Fsp3) is 0.538. The number of nitrogens with zero attached hydrogens (tertiary/aromatic N) is 2. The topological polar surface area (TPSA) is 26.7 Å². The Balaban J connectivity index is 2.92. The first kappa shape index (κ1) is 13.9. The number of halogens is 1. The van der Waals surface area contributed by atoms with Gasteiger partial charge in [-0.15, -0.1) is 0 Å². The number of aliphatic hydroxyl groups excluding tert-OH is 1. The number of hydrogen-bond donors (Lipinski definition) is 1. The molecule has 0 spiro atoms. The van der Waals surface area contributed by atoms with E-state index in [2.05, 4.69) is 4.90 Å². The normalized spacial score (nSPS) is 12.9. The minimum Gasteiger partial charge on any atom is -0.389 e. The number of likely N-dealkylation sites (N-methyl/N-ethyl adjacent to an activating group) is 2. The van der Waals surface area contributed by atoms with Crippen LogP contribution in [0, 0.1) is 5.82 Å². The van der Waals surface area contributed by atoms with E-state index in [1.807, 2.05) is 32.1 Å². The van der Waals surface area contributed by atoms with Crippen molar-refractivity contribution in [3.8, 4) is 0 Å². The molecule has 1 aromatic carbocycles. The molecule has 0 fully saturated rings. The van der Waals surface area contributed by atoms with E-state index < -0.39 is 6.10 Å². The third-order valence-corrected chi connectivity index (χ3v) is 2.74. The molecule has 0 aromatic heterocycles. The van der Waals surface area contributed by atoms with Crippen molar-refractivity contribution in [2.24, 2.45) is 0 Å². The van der Waals surface area contributed by atoms with Crippen molar-refractivity contribution in [2.75, 3.05) is 39.1 Å². The van der Waals surface area contributed by atoms with Crippen molar-refractivity contribution in [2.45, 2.75) is 13.0 Å². The maximum absolute atomic E-state index is 13.7. The van der Waals surface area contributed by atoms with Gasteiger partial charge in [0.05, 0.1) is 6.10 Å². The summed E-state index contributed by atoms with van der Waals surface area (Å²) >= 11 is 0. The zero-order chi connectivity index (χ0) is 13.0. The van der Waals surface area contributed by atoms with Crippen molar-refractivity contribution in [3.63, 3.8) is 0 Å². The van der Waals surface area contributed by atoms with Crippen LogP contribution in [0.1, 0.15) is 18.6 Å². The van der Waals surface area contributed by atoms with E-state index in [9.17, 15) is 9.50 Å². The summed E-state index contributed by atoms with van der Waals surface area (Å²) in [5, 5.41) is 9.63. The minimum atomic E-state index is -0.798. The zero-order valence-corrected chi connectivity index (χ0v) is 10.9. The molecule has 0 amide bonds. The van der Waals surface area contributed by atoms with Gasteiger partial charge >= 0.3 is 0 Å². The lowest BCUT2D eigenvalue weighted by Crippen LogP contribution is -2.29. The molecule has 0 bridgehead atoms. The number of benzene rings is 1. The molecule has 17 heavy (non-hydrogen) atoms. The van der Waals surface area contributed by atoms with Gasteiger partial charge in [0.15, 0.2) is 0 Å². The Hall–Kier alpha value is -1.13. The predicted octanol–water partition coefficient (Wildman–Crippen LogP) is 1.88. The van der Waals surface area contributed by atoms with Crippen LogP contribution in [-0.4, -0.2) is 44.2 Å². The van der Waals surface area contributed by atoms with Crippen LogP contribution in [0.15, 0.2) is 18.2 Å². The molecule has 0 saturated heterocycles. The van der Waals surface area contributed by atoms with E-state index in [4.69, 9.17) is 0 Å². The third-order valence-electron chi connectivity index (χ3n) is 2.74. The fourth-order valence-electron chi connectivity index (χ4n) is 1.74. The quantitative estimate of drug-likeness (QED) is 0.851. The van der Waals surface area contributed by atoms with Crippen LogP contribution in [0.2, 0.25) is 0 Å². The molecule has 0 aliphatic carbocycles. The van der Waals surface area contributed by atoms with E-state index in [1.165, 1.54) is 6.07 Å². The second-order valence-electron chi connectivity index (χ2n) is 4.57. The Morgan fingerprint density at radius 2 is 1.88 bits per heavy atom. The standard InChI is InChI=1S/C13H21FN2O/c1-10(17)13-11(14)6-5-7-12(13)16(4)9-8-15(2)3/h5-7,10,17H,8-9H2,1-4H3/t10-/m1/s1. The van der Waals surface area contributed by atoms with E-state index in [-0.39, 0.29) is 5.82 Å². The van der Waals surface area contributed by atoms with Crippen LogP contribution < -0.4 is 4.90 Å². The molecular formula is C13H21FN2O. The lowest BCUT2D eigenvalue weighted by Gasteiger charge is -2.25. The SMILES string of the molecule is C[C@@H](O)c1c(F)cccc1N(C)CCN(C)C. The first-order valence-corrected chi connectivity index (χ1v) is 5.75. The monoisotopic (exact) mass is 240 g/mol. The largest absolute Gasteiger partial charge is 0.389 e. The molecule has 0 aliphatic heterocycles. The van der Waals surface area contributed by atoms with Gasteiger partial charge in [-0.25, -0.2) is 4.39 Å². The Labute approximate surface area is 102 Å². The molecule has 0 saturated carbocycles. The number of hydrogen-bond acceptors (Lipinski definition) is 3. The fourth-order valence-corrected chi connectivity index (χ4v) is 1.74. The van der Waals surface area contributed by atoms with Crippen molar-refractivity contribution in [1.82, 2.24) is 4.90 Å². The molecule has 1 rings (SSSR count). The molecule has 0 unspecified atom stereocenters. The summed E-state index contributed by atoms with van der Waals surface area (Å²) in [4.78, 5) is 4.03. The summed E-state index contributed by atoms with van der Waals surface area (Å²) in [7, 11) is 5.90. The van der Waals surface area contributed by atoms with Gasteiger partial charge in [-0.1, -0.05) is 6.07 Å². The van der Waals surface area contributed by atoms with E-state index in [0.717, 1.165) is 18.8 Å². The minimum absolute atomic E-state index is 0.353. The van der Waals surface area contributed by atoms with Gasteiger partial charge in [0, 0.05) is 31.4 Å². The number of anilines is 1. The molecular weight excluding hydrogens is 219 g/mol. The summed E-state index contributed by atoms with van der Waals surface area (Å²) in [6.45, 7) is 3.25. The first-order valence-electron chi connectivity index (χ1n) is 5.75. The molecule has 96 valence electrons. The highest BCUT2D eigenvalue weighted by molar-refractivity contribution is 5.54. The zero-order valence-electron chi connectivity index (χ0n) is 10.9. The summed E-state index contributed by atoms with van der Waals surface area (Å²) in [5.74, 6) is -0.353. The van der Waals surface area contributed by atoms with E-state index in [0.29, 0.717) is 5.56 Å². The molecule has 0 heterocycles. The van der Waals surface area contributed by atoms with Gasteiger partial charge in [-0.2, -0.15) is 0 Å². The van der Waals surface area contributed by atoms with Gasteiger partial charge in [-0.3, -0.25) is 0 Å². The van der Waals surface area contributed by atoms with Gasteiger partial charge in [0.2, 0.25) is 0 Å². The predicted molar refractivity (Wildman–Crippen MR) is 68.9 cm³/mol. The van der Waals surface area contributed by atoms with Crippen molar-refractivity contribution in [3.05, 3.63) is 29.6 Å². The highest BCUT2D eigenvalue weighted by Crippen LogP contribution is 2.27. The summed E-state index contributed by atoms with van der Waals surface area (Å²) in [6, 6.07) is 4.88. The van der Waals surface area contributed by atoms with Crippen LogP contribution in [0.3, 0.4) is 0 Å². The van der Waals surface area contributed by atoms with Crippen LogP contribution in [0.4, 0.5) is 10.1 Å². The van der Waals surface area contributed by atoms with Crippen LogP contribution in [-0.2, 0) is 0 Å². The Bertz CT molecular complexity index is 366. The summed E-state index contributed by atoms with van der Waals surface area (Å²) in [5.41, 5.74) is 1.12. The van der Waals surface area contributed by atoms with Gasteiger partial charge in [0.1, 0.15) is 5.82 Å². The lowest BCUT2D eigenvalue weighted by atomic mass is 10.1. The van der Waals surface area contributed by atoms with Crippen LogP contribution in [0.25, 0.3) is 0 Å². The molecule has 0 aliphatic rings. The molecule has 0 radical (unpaired) electrons. The molecule has 1 aromatic rings. The molecule has 4 heteroatoms. The summed E-state index contributed by atoms with van der Waals surface area (Å²) in [6.07, 6.45) is -0.798. The maximum atomic E-state index is 13.7. The average molecular weight is 240 g/mol. The second kappa shape index (κ2) is 5.98. The van der Waals surface area contributed by atoms with Gasteiger partial charge < -0.3 is 14.9 Å². The van der Waals surface area contributed by atoms with Crippen molar-refractivity contribution < 1.29 is 9.50 Å². The van der Waals surface area contributed by atoms with Crippen molar-refractivity contribution in [1.29, 1.82) is 0 Å². The van der Waals surface area contributed by atoms with Crippen molar-refractivity contribution >= 4 is 5.69 Å². The maximum Gasteiger partial charge on any atom is 0.131 e. The highest BCUT2D eigenvalue weighted by atomic mass is 19.1. The molecule has 1 N–H and O–H groups in total.